The average Bonchev–Trinajstić information content (AvgIpc) is 2.53. The van der Waals surface area contributed by atoms with Gasteiger partial charge >= 0.3 is 6.09 Å². The van der Waals surface area contributed by atoms with Crippen LogP contribution < -0.4 is 0 Å². The van der Waals surface area contributed by atoms with Gasteiger partial charge in [0.15, 0.2) is 0 Å². The van der Waals surface area contributed by atoms with Gasteiger partial charge in [0, 0.05) is 37.6 Å². The third-order valence-electron chi connectivity index (χ3n) is 5.65. The van der Waals surface area contributed by atoms with Crippen LogP contribution in [0.2, 0.25) is 0 Å². The number of aldehydes is 1. The van der Waals surface area contributed by atoms with E-state index in [-0.39, 0.29) is 5.54 Å². The molecule has 1 aliphatic carbocycles. The highest BCUT2D eigenvalue weighted by Crippen LogP contribution is 2.33. The number of carbonyl (C=O) groups is 2. The number of amides is 1. The number of hydrogen-bond donors (Lipinski definition) is 1. The SMILES string of the molecule is CC(C)(CCC1CCC(C=O)CC1)N1CCN(C(=O)O)CC1. The van der Waals surface area contributed by atoms with Gasteiger partial charge in [0.1, 0.15) is 6.29 Å². The largest absolute Gasteiger partial charge is 0.465 e. The molecule has 2 rings (SSSR count). The summed E-state index contributed by atoms with van der Waals surface area (Å²) in [5.74, 6) is 1.06. The van der Waals surface area contributed by atoms with E-state index < -0.39 is 6.09 Å². The fourth-order valence-electron chi connectivity index (χ4n) is 3.83. The van der Waals surface area contributed by atoms with Gasteiger partial charge in [-0.1, -0.05) is 0 Å². The quantitative estimate of drug-likeness (QED) is 0.793. The molecule has 22 heavy (non-hydrogen) atoms. The van der Waals surface area contributed by atoms with E-state index in [0.29, 0.717) is 19.0 Å². The molecular weight excluding hydrogens is 280 g/mol. The summed E-state index contributed by atoms with van der Waals surface area (Å²) in [6.07, 6.45) is 7.19. The van der Waals surface area contributed by atoms with Crippen molar-refractivity contribution in [1.82, 2.24) is 9.80 Å². The summed E-state index contributed by atoms with van der Waals surface area (Å²) < 4.78 is 0. The smallest absolute Gasteiger partial charge is 0.407 e. The first-order valence-electron chi connectivity index (χ1n) is 8.60. The van der Waals surface area contributed by atoms with Gasteiger partial charge in [-0.3, -0.25) is 4.90 Å². The van der Waals surface area contributed by atoms with Gasteiger partial charge in [-0.2, -0.15) is 0 Å². The number of hydrogen-bond acceptors (Lipinski definition) is 3. The highest BCUT2D eigenvalue weighted by atomic mass is 16.4. The molecule has 1 heterocycles. The van der Waals surface area contributed by atoms with E-state index in [1.54, 1.807) is 0 Å². The predicted octanol–water partition coefficient (Wildman–Crippen LogP) is 2.85. The van der Waals surface area contributed by atoms with Crippen molar-refractivity contribution in [2.24, 2.45) is 11.8 Å². The van der Waals surface area contributed by atoms with Gasteiger partial charge in [-0.05, 0) is 58.3 Å². The van der Waals surface area contributed by atoms with Gasteiger partial charge < -0.3 is 14.8 Å². The molecule has 126 valence electrons. The van der Waals surface area contributed by atoms with Crippen LogP contribution in [0.25, 0.3) is 0 Å². The molecule has 0 aromatic carbocycles. The minimum atomic E-state index is -0.801. The topological polar surface area (TPSA) is 60.9 Å². The summed E-state index contributed by atoms with van der Waals surface area (Å²) >= 11 is 0. The van der Waals surface area contributed by atoms with E-state index >= 15 is 0 Å². The number of piperazine rings is 1. The van der Waals surface area contributed by atoms with E-state index in [2.05, 4.69) is 18.7 Å². The molecule has 0 aromatic heterocycles. The summed E-state index contributed by atoms with van der Waals surface area (Å²) in [5.41, 5.74) is 0.131. The van der Waals surface area contributed by atoms with Crippen LogP contribution in [-0.4, -0.2) is 59.0 Å². The van der Waals surface area contributed by atoms with E-state index in [4.69, 9.17) is 5.11 Å². The molecule has 5 heteroatoms. The lowest BCUT2D eigenvalue weighted by atomic mass is 9.78. The van der Waals surface area contributed by atoms with Crippen LogP contribution in [0, 0.1) is 11.8 Å². The van der Waals surface area contributed by atoms with Crippen molar-refractivity contribution >= 4 is 12.4 Å². The predicted molar refractivity (Wildman–Crippen MR) is 86.0 cm³/mol. The van der Waals surface area contributed by atoms with Crippen LogP contribution in [0.3, 0.4) is 0 Å². The molecule has 0 atom stereocenters. The molecule has 1 saturated carbocycles. The van der Waals surface area contributed by atoms with Crippen molar-refractivity contribution in [2.45, 2.75) is 57.9 Å². The molecule has 0 unspecified atom stereocenters. The second-order valence-corrected chi connectivity index (χ2v) is 7.52. The maximum atomic E-state index is 11.0. The summed E-state index contributed by atoms with van der Waals surface area (Å²) in [7, 11) is 0. The Balaban J connectivity index is 1.74. The Bertz CT molecular complexity index is 381. The van der Waals surface area contributed by atoms with E-state index in [0.717, 1.165) is 44.6 Å². The molecule has 0 bridgehead atoms. The maximum absolute atomic E-state index is 11.0. The minimum Gasteiger partial charge on any atom is -0.465 e. The standard InChI is InChI=1S/C17H30N2O3/c1-17(2,19-11-9-18(10-12-19)16(21)22)8-7-14-3-5-15(13-20)6-4-14/h13-15H,3-12H2,1-2H3,(H,21,22). The zero-order valence-corrected chi connectivity index (χ0v) is 14.0. The first-order chi connectivity index (χ1) is 10.4. The molecule has 0 spiro atoms. The third-order valence-corrected chi connectivity index (χ3v) is 5.65. The van der Waals surface area contributed by atoms with Crippen LogP contribution in [0.4, 0.5) is 4.79 Å². The van der Waals surface area contributed by atoms with Crippen molar-refractivity contribution in [2.75, 3.05) is 26.2 Å². The zero-order chi connectivity index (χ0) is 16.2. The Kier molecular flexibility index (Phi) is 5.84. The molecule has 2 aliphatic rings. The second kappa shape index (κ2) is 7.44. The molecule has 1 aliphatic heterocycles. The maximum Gasteiger partial charge on any atom is 0.407 e. The van der Waals surface area contributed by atoms with Crippen LogP contribution >= 0.6 is 0 Å². The van der Waals surface area contributed by atoms with Crippen LogP contribution in [0.15, 0.2) is 0 Å². The summed E-state index contributed by atoms with van der Waals surface area (Å²) in [5, 5.41) is 9.03. The Morgan fingerprint density at radius 3 is 2.23 bits per heavy atom. The molecule has 1 N–H and O–H groups in total. The third kappa shape index (κ3) is 4.45. The van der Waals surface area contributed by atoms with Crippen molar-refractivity contribution in [3.05, 3.63) is 0 Å². The summed E-state index contributed by atoms with van der Waals surface area (Å²) in [4.78, 5) is 25.7. The van der Waals surface area contributed by atoms with Crippen molar-refractivity contribution < 1.29 is 14.7 Å². The van der Waals surface area contributed by atoms with Crippen LogP contribution in [-0.2, 0) is 4.79 Å². The Labute approximate surface area is 133 Å². The summed E-state index contributed by atoms with van der Waals surface area (Å²) in [6.45, 7) is 7.45. The fraction of sp³-hybridized carbons (Fsp3) is 0.882. The zero-order valence-electron chi connectivity index (χ0n) is 14.0. The first-order valence-corrected chi connectivity index (χ1v) is 8.60. The van der Waals surface area contributed by atoms with Crippen LogP contribution in [0.1, 0.15) is 52.4 Å². The summed E-state index contributed by atoms with van der Waals surface area (Å²) in [6, 6.07) is 0. The van der Waals surface area contributed by atoms with E-state index in [9.17, 15) is 9.59 Å². The normalized spacial score (nSPS) is 27.6. The number of carboxylic acid groups (broad SMARTS) is 1. The van der Waals surface area contributed by atoms with E-state index in [1.165, 1.54) is 24.2 Å². The number of nitrogens with zero attached hydrogens (tertiary/aromatic N) is 2. The van der Waals surface area contributed by atoms with Gasteiger partial charge in [0.05, 0.1) is 0 Å². The molecule has 0 radical (unpaired) electrons. The van der Waals surface area contributed by atoms with Crippen molar-refractivity contribution in [3.63, 3.8) is 0 Å². The van der Waals surface area contributed by atoms with Crippen molar-refractivity contribution in [1.29, 1.82) is 0 Å². The average molecular weight is 310 g/mol. The van der Waals surface area contributed by atoms with E-state index in [1.807, 2.05) is 0 Å². The molecule has 5 nitrogen and oxygen atoms in total. The lowest BCUT2D eigenvalue weighted by molar-refractivity contribution is -0.112. The highest BCUT2D eigenvalue weighted by molar-refractivity contribution is 5.65. The Hall–Kier alpha value is -1.10. The molecule has 2 fully saturated rings. The Morgan fingerprint density at radius 1 is 1.14 bits per heavy atom. The number of rotatable bonds is 5. The number of carbonyl (C=O) groups excluding carboxylic acids is 1. The first kappa shape index (κ1) is 17.3. The van der Waals surface area contributed by atoms with Gasteiger partial charge in [-0.25, -0.2) is 4.79 Å². The monoisotopic (exact) mass is 310 g/mol. The fourth-order valence-corrected chi connectivity index (χ4v) is 3.83. The van der Waals surface area contributed by atoms with Crippen LogP contribution in [0.5, 0.6) is 0 Å². The van der Waals surface area contributed by atoms with Gasteiger partial charge in [0.25, 0.3) is 0 Å². The molecular formula is C17H30N2O3. The molecule has 0 aromatic rings. The van der Waals surface area contributed by atoms with Gasteiger partial charge in [-0.15, -0.1) is 0 Å². The molecule has 1 saturated heterocycles. The highest BCUT2D eigenvalue weighted by Gasteiger charge is 2.32. The lowest BCUT2D eigenvalue weighted by Gasteiger charge is -2.44. The van der Waals surface area contributed by atoms with Crippen molar-refractivity contribution in [3.8, 4) is 0 Å². The lowest BCUT2D eigenvalue weighted by Crippen LogP contribution is -2.55. The van der Waals surface area contributed by atoms with Gasteiger partial charge in [0.2, 0.25) is 0 Å². The minimum absolute atomic E-state index is 0.131. The molecule has 1 amide bonds. The second-order valence-electron chi connectivity index (χ2n) is 7.52. The Morgan fingerprint density at radius 2 is 1.73 bits per heavy atom.